The van der Waals surface area contributed by atoms with Crippen molar-refractivity contribution < 1.29 is 19.1 Å². The second kappa shape index (κ2) is 9.78. The van der Waals surface area contributed by atoms with Crippen molar-refractivity contribution in [1.29, 1.82) is 0 Å². The number of nitrogens with one attached hydrogen (secondary N) is 1. The zero-order valence-electron chi connectivity index (χ0n) is 20.1. The van der Waals surface area contributed by atoms with Crippen molar-refractivity contribution in [2.75, 3.05) is 13.1 Å². The Hall–Kier alpha value is -4.04. The third-order valence-electron chi connectivity index (χ3n) is 7.30. The number of carbonyl (C=O) groups is 2. The van der Waals surface area contributed by atoms with E-state index in [1.807, 2.05) is 5.92 Å². The van der Waals surface area contributed by atoms with Crippen LogP contribution in [-0.4, -0.2) is 65.9 Å². The Kier molecular flexibility index (Phi) is 6.52. The molecule has 3 heterocycles. The first-order valence-electron chi connectivity index (χ1n) is 12.2. The lowest BCUT2D eigenvalue weighted by atomic mass is 9.77. The van der Waals surface area contributed by atoms with E-state index >= 15 is 0 Å². The third kappa shape index (κ3) is 5.11. The summed E-state index contributed by atoms with van der Waals surface area (Å²) in [5, 5.41) is 18.4. The summed E-state index contributed by atoms with van der Waals surface area (Å²) in [5.74, 6) is 1.46. The van der Waals surface area contributed by atoms with E-state index in [2.05, 4.69) is 15.4 Å². The summed E-state index contributed by atoms with van der Waals surface area (Å²) in [6, 6.07) is 5.74. The van der Waals surface area contributed by atoms with Crippen LogP contribution >= 0.6 is 0 Å². The zero-order valence-corrected chi connectivity index (χ0v) is 20.1. The lowest BCUT2D eigenvalue weighted by molar-refractivity contribution is -0.137. The number of terminal acetylenes is 1. The van der Waals surface area contributed by atoms with E-state index in [9.17, 15) is 23.9 Å². The highest BCUT2D eigenvalue weighted by Gasteiger charge is 2.37. The average molecular weight is 507 g/mol. The summed E-state index contributed by atoms with van der Waals surface area (Å²) in [7, 11) is 0. The molecule has 2 aliphatic rings. The van der Waals surface area contributed by atoms with E-state index in [0.29, 0.717) is 49.1 Å². The van der Waals surface area contributed by atoms with Crippen LogP contribution in [0.4, 0.5) is 4.39 Å². The summed E-state index contributed by atoms with van der Waals surface area (Å²) in [4.78, 5) is 43.2. The van der Waals surface area contributed by atoms with Crippen LogP contribution in [-0.2, 0) is 16.1 Å². The molecule has 192 valence electrons. The average Bonchev–Trinajstić information content (AvgIpc) is 3.30. The third-order valence-corrected chi connectivity index (χ3v) is 7.30. The number of aromatic nitrogens is 4. The molecule has 0 bridgehead atoms. The fourth-order valence-corrected chi connectivity index (χ4v) is 5.10. The first-order chi connectivity index (χ1) is 17.7. The van der Waals surface area contributed by atoms with Crippen LogP contribution in [0.5, 0.6) is 0 Å². The van der Waals surface area contributed by atoms with Gasteiger partial charge in [-0.3, -0.25) is 19.0 Å². The summed E-state index contributed by atoms with van der Waals surface area (Å²) < 4.78 is 16.1. The smallest absolute Gasteiger partial charge is 0.295 e. The lowest BCUT2D eigenvalue weighted by Crippen LogP contribution is -2.51. The van der Waals surface area contributed by atoms with Gasteiger partial charge in [-0.05, 0) is 61.8 Å². The minimum absolute atomic E-state index is 0.0276. The molecule has 37 heavy (non-hydrogen) atoms. The highest BCUT2D eigenvalue weighted by atomic mass is 19.1. The maximum atomic E-state index is 13.3. The largest absolute Gasteiger partial charge is 0.388 e. The number of nitrogens with zero attached hydrogens (tertiary/aromatic N) is 5. The normalized spacial score (nSPS) is 20.7. The second-order valence-electron chi connectivity index (χ2n) is 9.91. The summed E-state index contributed by atoms with van der Waals surface area (Å²) in [6.07, 6.45) is 10.4. The number of amides is 2. The van der Waals surface area contributed by atoms with Gasteiger partial charge in [-0.15, -0.1) is 6.42 Å². The van der Waals surface area contributed by atoms with Crippen molar-refractivity contribution in [3.05, 3.63) is 53.0 Å². The highest BCUT2D eigenvalue weighted by Crippen LogP contribution is 2.32. The van der Waals surface area contributed by atoms with Crippen molar-refractivity contribution in [1.82, 2.24) is 29.5 Å². The van der Waals surface area contributed by atoms with Gasteiger partial charge in [0.1, 0.15) is 17.5 Å². The van der Waals surface area contributed by atoms with Crippen LogP contribution in [0.1, 0.15) is 32.1 Å². The quantitative estimate of drug-likeness (QED) is 0.481. The molecule has 1 aromatic carbocycles. The van der Waals surface area contributed by atoms with Gasteiger partial charge in [0.2, 0.25) is 5.91 Å². The van der Waals surface area contributed by atoms with E-state index in [1.165, 1.54) is 33.9 Å². The molecule has 5 rings (SSSR count). The van der Waals surface area contributed by atoms with Gasteiger partial charge < -0.3 is 15.3 Å². The fourth-order valence-electron chi connectivity index (χ4n) is 5.10. The molecule has 10 nitrogen and oxygen atoms in total. The molecule has 2 fully saturated rings. The molecule has 1 aliphatic carbocycles. The number of hydrogen-bond acceptors (Lipinski definition) is 6. The summed E-state index contributed by atoms with van der Waals surface area (Å²) in [5.41, 5.74) is -0.560. The Morgan fingerprint density at radius 2 is 1.92 bits per heavy atom. The molecule has 0 unspecified atom stereocenters. The predicted octanol–water partition coefficient (Wildman–Crippen LogP) is 0.993. The van der Waals surface area contributed by atoms with Crippen LogP contribution in [0, 0.1) is 24.1 Å². The number of benzene rings is 1. The molecule has 1 aliphatic heterocycles. The lowest BCUT2D eigenvalue weighted by Gasteiger charge is -2.40. The summed E-state index contributed by atoms with van der Waals surface area (Å²) in [6.45, 7) is 0.843. The Morgan fingerprint density at radius 1 is 1.22 bits per heavy atom. The molecule has 2 amide bonds. The first kappa shape index (κ1) is 24.6. The van der Waals surface area contributed by atoms with E-state index in [1.54, 1.807) is 17.0 Å². The van der Waals surface area contributed by atoms with Gasteiger partial charge in [0.15, 0.2) is 5.65 Å². The molecule has 0 radical (unpaired) electrons. The standard InChI is InChI=1S/C26H27FN6O4/c1-2-22(34)30-19-11-17(12-19)13-23(35)31-9-7-26(37,8-10-31)15-32-16-28-24-21(25(32)36)14-29-33(24)20-5-3-18(27)4-6-20/h1,3-6,14,16-17,19,37H,7-13,15H2,(H,30,34)/t17-,19-. The van der Waals surface area contributed by atoms with Crippen LogP contribution in [0.15, 0.2) is 41.6 Å². The van der Waals surface area contributed by atoms with Crippen molar-refractivity contribution in [2.24, 2.45) is 5.92 Å². The fraction of sp³-hybridized carbons (Fsp3) is 0.423. The van der Waals surface area contributed by atoms with Gasteiger partial charge in [-0.25, -0.2) is 14.1 Å². The van der Waals surface area contributed by atoms with Gasteiger partial charge in [0, 0.05) is 25.6 Å². The molecular formula is C26H27FN6O4. The molecule has 2 aromatic heterocycles. The molecule has 1 saturated heterocycles. The molecule has 2 N–H and O–H groups in total. The number of hydrogen-bond donors (Lipinski definition) is 2. The Balaban J connectivity index is 1.18. The van der Waals surface area contributed by atoms with Gasteiger partial charge in [-0.2, -0.15) is 5.10 Å². The van der Waals surface area contributed by atoms with E-state index in [4.69, 9.17) is 6.42 Å². The van der Waals surface area contributed by atoms with Crippen LogP contribution in [0.3, 0.4) is 0 Å². The van der Waals surface area contributed by atoms with Gasteiger partial charge >= 0.3 is 0 Å². The van der Waals surface area contributed by atoms with Crippen LogP contribution in [0.25, 0.3) is 16.7 Å². The maximum Gasteiger partial charge on any atom is 0.295 e. The highest BCUT2D eigenvalue weighted by molar-refractivity contribution is 5.93. The van der Waals surface area contributed by atoms with Gasteiger partial charge in [0.05, 0.1) is 24.0 Å². The monoisotopic (exact) mass is 506 g/mol. The Bertz CT molecular complexity index is 1430. The number of rotatable bonds is 6. The number of likely N-dealkylation sites (tertiary alicyclic amines) is 1. The maximum absolute atomic E-state index is 13.3. The SMILES string of the molecule is C#CC(=O)N[C@H]1C[C@H](CC(=O)N2CCC(O)(Cn3cnc4c(cnn4-c4ccc(F)cc4)c3=O)CC2)C1. The van der Waals surface area contributed by atoms with E-state index in [0.717, 1.165) is 12.8 Å². The molecule has 1 saturated carbocycles. The predicted molar refractivity (Wildman–Crippen MR) is 132 cm³/mol. The number of piperidine rings is 1. The van der Waals surface area contributed by atoms with Crippen molar-refractivity contribution in [3.8, 4) is 18.0 Å². The van der Waals surface area contributed by atoms with Gasteiger partial charge in [0.25, 0.3) is 11.5 Å². The van der Waals surface area contributed by atoms with Crippen molar-refractivity contribution in [2.45, 2.75) is 50.3 Å². The molecule has 0 spiro atoms. The second-order valence-corrected chi connectivity index (χ2v) is 9.91. The summed E-state index contributed by atoms with van der Waals surface area (Å²) >= 11 is 0. The van der Waals surface area contributed by atoms with Gasteiger partial charge in [-0.1, -0.05) is 0 Å². The van der Waals surface area contributed by atoms with E-state index in [-0.39, 0.29) is 35.8 Å². The molecular weight excluding hydrogens is 479 g/mol. The Morgan fingerprint density at radius 3 is 2.59 bits per heavy atom. The topological polar surface area (TPSA) is 122 Å². The number of fused-ring (bicyclic) bond motifs is 1. The molecule has 3 aromatic rings. The number of aliphatic hydroxyl groups is 1. The zero-order chi connectivity index (χ0) is 26.2. The molecule has 0 atom stereocenters. The van der Waals surface area contributed by atoms with Crippen molar-refractivity contribution in [3.63, 3.8) is 0 Å². The van der Waals surface area contributed by atoms with Crippen LogP contribution < -0.4 is 10.9 Å². The minimum Gasteiger partial charge on any atom is -0.388 e. The van der Waals surface area contributed by atoms with Crippen molar-refractivity contribution >= 4 is 22.8 Å². The van der Waals surface area contributed by atoms with Crippen LogP contribution in [0.2, 0.25) is 0 Å². The van der Waals surface area contributed by atoms with E-state index < -0.39 is 11.5 Å². The number of halogens is 1. The Labute approximate surface area is 212 Å². The first-order valence-corrected chi connectivity index (χ1v) is 12.2. The molecule has 11 heteroatoms. The minimum atomic E-state index is -1.15. The number of carbonyl (C=O) groups excluding carboxylic acids is 2.